The zero-order valence-electron chi connectivity index (χ0n) is 15.9. The first-order valence-electron chi connectivity index (χ1n) is 9.21. The molecule has 0 N–H and O–H groups in total. The quantitative estimate of drug-likeness (QED) is 0.688. The van der Waals surface area contributed by atoms with Crippen LogP contribution in [0.5, 0.6) is 0 Å². The molecule has 4 heterocycles. The van der Waals surface area contributed by atoms with E-state index >= 15 is 0 Å². The molecule has 0 spiro atoms. The van der Waals surface area contributed by atoms with Crippen molar-refractivity contribution in [2.75, 3.05) is 43.0 Å². The van der Waals surface area contributed by atoms with Gasteiger partial charge in [0.05, 0.1) is 17.6 Å². The Morgan fingerprint density at radius 2 is 1.89 bits per heavy atom. The van der Waals surface area contributed by atoms with Gasteiger partial charge in [0.25, 0.3) is 0 Å². The highest BCUT2D eigenvalue weighted by Crippen LogP contribution is 2.28. The lowest BCUT2D eigenvalue weighted by Crippen LogP contribution is -2.48. The van der Waals surface area contributed by atoms with E-state index in [0.717, 1.165) is 49.0 Å². The van der Waals surface area contributed by atoms with Crippen LogP contribution in [0.15, 0.2) is 36.8 Å². The Bertz CT molecular complexity index is 913. The van der Waals surface area contributed by atoms with Gasteiger partial charge in [-0.15, -0.1) is 0 Å². The monoisotopic (exact) mass is 385 g/mol. The number of imidazole rings is 1. The van der Waals surface area contributed by atoms with Crippen molar-refractivity contribution in [1.82, 2.24) is 24.5 Å². The van der Waals surface area contributed by atoms with Crippen molar-refractivity contribution in [2.24, 2.45) is 0 Å². The summed E-state index contributed by atoms with van der Waals surface area (Å²) in [6.45, 7) is 8.75. The van der Waals surface area contributed by atoms with Crippen molar-refractivity contribution in [3.63, 3.8) is 0 Å². The van der Waals surface area contributed by atoms with Crippen molar-refractivity contribution < 1.29 is 0 Å². The predicted octanol–water partition coefficient (Wildman–Crippen LogP) is 3.08. The second-order valence-electron chi connectivity index (χ2n) is 7.10. The molecule has 0 saturated carbocycles. The SMILES string of the molecule is CC(C)N1CCN(c2ccc(N(C)c3cc(Cl)nn4ccnc34)nc2)CC1. The van der Waals surface area contributed by atoms with Gasteiger partial charge in [0.2, 0.25) is 0 Å². The van der Waals surface area contributed by atoms with Crippen molar-refractivity contribution in [3.05, 3.63) is 41.9 Å². The summed E-state index contributed by atoms with van der Waals surface area (Å²) >= 11 is 6.16. The van der Waals surface area contributed by atoms with Crippen molar-refractivity contribution in [3.8, 4) is 0 Å². The summed E-state index contributed by atoms with van der Waals surface area (Å²) in [7, 11) is 1.96. The molecule has 3 aromatic heterocycles. The van der Waals surface area contributed by atoms with Gasteiger partial charge < -0.3 is 9.80 Å². The summed E-state index contributed by atoms with van der Waals surface area (Å²) in [5.74, 6) is 0.840. The van der Waals surface area contributed by atoms with Crippen LogP contribution < -0.4 is 9.80 Å². The number of anilines is 3. The minimum Gasteiger partial charge on any atom is -0.368 e. The zero-order valence-corrected chi connectivity index (χ0v) is 16.6. The average Bonchev–Trinajstić information content (AvgIpc) is 3.15. The van der Waals surface area contributed by atoms with Crippen molar-refractivity contribution >= 4 is 34.4 Å². The van der Waals surface area contributed by atoms with E-state index in [0.29, 0.717) is 11.2 Å². The van der Waals surface area contributed by atoms with E-state index in [1.54, 1.807) is 16.9 Å². The van der Waals surface area contributed by atoms with Gasteiger partial charge in [-0.05, 0) is 26.0 Å². The largest absolute Gasteiger partial charge is 0.368 e. The van der Waals surface area contributed by atoms with Gasteiger partial charge in [-0.25, -0.2) is 14.5 Å². The molecular weight excluding hydrogens is 362 g/mol. The smallest absolute Gasteiger partial charge is 0.177 e. The van der Waals surface area contributed by atoms with E-state index in [9.17, 15) is 0 Å². The molecule has 0 atom stereocenters. The van der Waals surface area contributed by atoms with E-state index in [-0.39, 0.29) is 0 Å². The molecule has 142 valence electrons. The summed E-state index contributed by atoms with van der Waals surface area (Å²) in [4.78, 5) is 15.9. The molecule has 8 heteroatoms. The Balaban J connectivity index is 1.53. The van der Waals surface area contributed by atoms with Gasteiger partial charge in [0.1, 0.15) is 5.82 Å². The highest BCUT2D eigenvalue weighted by Gasteiger charge is 2.19. The molecule has 3 aromatic rings. The third-order valence-corrected chi connectivity index (χ3v) is 5.34. The Kier molecular flexibility index (Phi) is 4.88. The highest BCUT2D eigenvalue weighted by atomic mass is 35.5. The van der Waals surface area contributed by atoms with Crippen LogP contribution in [0.3, 0.4) is 0 Å². The molecular formula is C19H24ClN7. The Morgan fingerprint density at radius 3 is 2.56 bits per heavy atom. The molecule has 0 unspecified atom stereocenters. The topological polar surface area (TPSA) is 52.8 Å². The second kappa shape index (κ2) is 7.32. The van der Waals surface area contributed by atoms with Gasteiger partial charge in [-0.3, -0.25) is 4.90 Å². The maximum absolute atomic E-state index is 6.16. The zero-order chi connectivity index (χ0) is 19.0. The average molecular weight is 386 g/mol. The number of aromatic nitrogens is 4. The third kappa shape index (κ3) is 3.57. The van der Waals surface area contributed by atoms with E-state index in [4.69, 9.17) is 11.6 Å². The van der Waals surface area contributed by atoms with Crippen LogP contribution in [0.2, 0.25) is 5.15 Å². The van der Waals surface area contributed by atoms with E-state index in [1.807, 2.05) is 30.3 Å². The molecule has 27 heavy (non-hydrogen) atoms. The fourth-order valence-electron chi connectivity index (χ4n) is 3.50. The van der Waals surface area contributed by atoms with Crippen LogP contribution >= 0.6 is 11.6 Å². The van der Waals surface area contributed by atoms with Gasteiger partial charge in [0, 0.05) is 57.7 Å². The number of hydrogen-bond acceptors (Lipinski definition) is 6. The summed E-state index contributed by atoms with van der Waals surface area (Å²) < 4.78 is 1.68. The molecule has 1 fully saturated rings. The molecule has 0 amide bonds. The lowest BCUT2D eigenvalue weighted by atomic mass is 10.2. The Labute approximate surface area is 164 Å². The standard InChI is InChI=1S/C19H24ClN7/c1-14(2)25-8-10-26(11-9-25)15-4-5-18(22-13-15)24(3)16-12-17(20)23-27-7-6-21-19(16)27/h4-7,12-14H,8-11H2,1-3H3. The molecule has 1 aliphatic heterocycles. The molecule has 7 nitrogen and oxygen atoms in total. The first kappa shape index (κ1) is 18.0. The predicted molar refractivity (Wildman–Crippen MR) is 109 cm³/mol. The number of nitrogens with zero attached hydrogens (tertiary/aromatic N) is 7. The first-order valence-corrected chi connectivity index (χ1v) is 9.59. The van der Waals surface area contributed by atoms with E-state index in [1.165, 1.54) is 0 Å². The minimum absolute atomic E-state index is 0.419. The number of pyridine rings is 1. The Hall–Kier alpha value is -2.38. The van der Waals surface area contributed by atoms with Crippen LogP contribution in [0.25, 0.3) is 5.65 Å². The van der Waals surface area contributed by atoms with Gasteiger partial charge in [-0.2, -0.15) is 5.10 Å². The summed E-state index contributed by atoms with van der Waals surface area (Å²) in [6, 6.07) is 6.59. The van der Waals surface area contributed by atoms with Crippen LogP contribution in [0, 0.1) is 0 Å². The van der Waals surface area contributed by atoms with E-state index < -0.39 is 0 Å². The van der Waals surface area contributed by atoms with Gasteiger partial charge in [0.15, 0.2) is 10.8 Å². The molecule has 0 radical (unpaired) electrons. The number of piperazine rings is 1. The number of hydrogen-bond donors (Lipinski definition) is 0. The minimum atomic E-state index is 0.419. The van der Waals surface area contributed by atoms with Crippen LogP contribution in [-0.4, -0.2) is 63.8 Å². The fraction of sp³-hybridized carbons (Fsp3) is 0.421. The molecule has 1 aliphatic rings. The number of halogens is 1. The number of fused-ring (bicyclic) bond motifs is 1. The normalized spacial score (nSPS) is 15.7. The fourth-order valence-corrected chi connectivity index (χ4v) is 3.69. The molecule has 0 bridgehead atoms. The number of rotatable bonds is 4. The second-order valence-corrected chi connectivity index (χ2v) is 7.49. The van der Waals surface area contributed by atoms with Crippen molar-refractivity contribution in [2.45, 2.75) is 19.9 Å². The maximum atomic E-state index is 6.16. The molecule has 0 aromatic carbocycles. The van der Waals surface area contributed by atoms with Gasteiger partial charge in [-0.1, -0.05) is 11.6 Å². The third-order valence-electron chi connectivity index (χ3n) is 5.16. The maximum Gasteiger partial charge on any atom is 0.177 e. The lowest BCUT2D eigenvalue weighted by molar-refractivity contribution is 0.209. The van der Waals surface area contributed by atoms with Crippen LogP contribution in [-0.2, 0) is 0 Å². The first-order chi connectivity index (χ1) is 13.0. The van der Waals surface area contributed by atoms with Crippen molar-refractivity contribution in [1.29, 1.82) is 0 Å². The molecule has 0 aliphatic carbocycles. The summed E-state index contributed by atoms with van der Waals surface area (Å²) in [5.41, 5.74) is 2.78. The van der Waals surface area contributed by atoms with Crippen LogP contribution in [0.4, 0.5) is 17.2 Å². The summed E-state index contributed by atoms with van der Waals surface area (Å²) in [6.07, 6.45) is 5.44. The molecule has 1 saturated heterocycles. The summed E-state index contributed by atoms with van der Waals surface area (Å²) in [5, 5.41) is 4.65. The molecule has 4 rings (SSSR count). The van der Waals surface area contributed by atoms with E-state index in [2.05, 4.69) is 44.8 Å². The van der Waals surface area contributed by atoms with Crippen LogP contribution in [0.1, 0.15) is 13.8 Å². The highest BCUT2D eigenvalue weighted by molar-refractivity contribution is 6.29. The lowest BCUT2D eigenvalue weighted by Gasteiger charge is -2.38. The van der Waals surface area contributed by atoms with Gasteiger partial charge >= 0.3 is 0 Å². The Morgan fingerprint density at radius 1 is 1.11 bits per heavy atom.